The maximum Gasteiger partial charge on any atom is 0.311 e. The molecule has 5 nitrogen and oxygen atoms in total. The number of hydrogen-bond acceptors (Lipinski definition) is 4. The third-order valence-electron chi connectivity index (χ3n) is 1.69. The number of pyridine rings is 1. The number of halogens is 3. The maximum atomic E-state index is 12.4. The van der Waals surface area contributed by atoms with E-state index in [-0.39, 0.29) is 10.9 Å². The summed E-state index contributed by atoms with van der Waals surface area (Å²) in [4.78, 5) is 13.0. The van der Waals surface area contributed by atoms with Crippen LogP contribution in [-0.4, -0.2) is 9.91 Å². The average molecular weight is 282 g/mol. The highest BCUT2D eigenvalue weighted by atomic mass is 79.9. The van der Waals surface area contributed by atoms with E-state index in [1.165, 1.54) is 0 Å². The van der Waals surface area contributed by atoms with Gasteiger partial charge in [-0.15, -0.1) is 0 Å². The first-order valence-corrected chi connectivity index (χ1v) is 4.87. The van der Waals surface area contributed by atoms with E-state index in [0.29, 0.717) is 0 Å². The molecule has 0 spiro atoms. The van der Waals surface area contributed by atoms with E-state index in [4.69, 9.17) is 5.73 Å². The number of nitrogens with two attached hydrogens (primary N) is 1. The SMILES string of the molecule is Nc1nc(C(F)F)c(CBr)cc1[N+](=O)[O-]. The van der Waals surface area contributed by atoms with Crippen molar-refractivity contribution in [1.29, 1.82) is 0 Å². The zero-order valence-electron chi connectivity index (χ0n) is 7.28. The molecule has 1 aromatic rings. The Labute approximate surface area is 91.6 Å². The van der Waals surface area contributed by atoms with Crippen LogP contribution in [0, 0.1) is 10.1 Å². The van der Waals surface area contributed by atoms with E-state index < -0.39 is 28.5 Å². The predicted octanol–water partition coefficient (Wildman–Crippen LogP) is 2.40. The normalized spacial score (nSPS) is 10.7. The molecular formula is C7H6BrF2N3O2. The van der Waals surface area contributed by atoms with Gasteiger partial charge in [0.1, 0.15) is 5.69 Å². The minimum Gasteiger partial charge on any atom is -0.378 e. The van der Waals surface area contributed by atoms with E-state index >= 15 is 0 Å². The van der Waals surface area contributed by atoms with Crippen molar-refractivity contribution in [2.75, 3.05) is 5.73 Å². The minimum absolute atomic E-state index is 0.0563. The van der Waals surface area contributed by atoms with Crippen molar-refractivity contribution in [2.24, 2.45) is 0 Å². The lowest BCUT2D eigenvalue weighted by Crippen LogP contribution is -2.05. The Morgan fingerprint density at radius 2 is 2.27 bits per heavy atom. The van der Waals surface area contributed by atoms with Crippen molar-refractivity contribution < 1.29 is 13.7 Å². The summed E-state index contributed by atoms with van der Waals surface area (Å²) in [6, 6.07) is 0.999. The van der Waals surface area contributed by atoms with Crippen molar-refractivity contribution in [3.05, 3.63) is 27.4 Å². The number of aromatic nitrogens is 1. The summed E-state index contributed by atoms with van der Waals surface area (Å²) in [6.07, 6.45) is -2.80. The number of rotatable bonds is 3. The van der Waals surface area contributed by atoms with Crippen LogP contribution in [0.4, 0.5) is 20.3 Å². The van der Waals surface area contributed by atoms with E-state index in [1.54, 1.807) is 0 Å². The zero-order chi connectivity index (χ0) is 11.6. The van der Waals surface area contributed by atoms with E-state index in [0.717, 1.165) is 6.07 Å². The molecule has 0 aliphatic carbocycles. The first-order chi connectivity index (χ1) is 6.97. The van der Waals surface area contributed by atoms with Gasteiger partial charge >= 0.3 is 5.69 Å². The van der Waals surface area contributed by atoms with Crippen molar-refractivity contribution in [3.8, 4) is 0 Å². The molecule has 0 unspecified atom stereocenters. The molecule has 0 aliphatic heterocycles. The highest BCUT2D eigenvalue weighted by molar-refractivity contribution is 9.08. The Balaban J connectivity index is 3.35. The fourth-order valence-electron chi connectivity index (χ4n) is 1.01. The molecule has 1 aromatic heterocycles. The van der Waals surface area contributed by atoms with Gasteiger partial charge in [-0.1, -0.05) is 15.9 Å². The van der Waals surface area contributed by atoms with Crippen molar-refractivity contribution >= 4 is 27.4 Å². The van der Waals surface area contributed by atoms with Crippen molar-refractivity contribution in [3.63, 3.8) is 0 Å². The van der Waals surface area contributed by atoms with Crippen LogP contribution < -0.4 is 5.73 Å². The number of nitro groups is 1. The summed E-state index contributed by atoms with van der Waals surface area (Å²) >= 11 is 2.95. The van der Waals surface area contributed by atoms with Crippen LogP contribution in [0.25, 0.3) is 0 Å². The third-order valence-corrected chi connectivity index (χ3v) is 2.29. The molecule has 0 fully saturated rings. The molecule has 0 saturated heterocycles. The highest BCUT2D eigenvalue weighted by Crippen LogP contribution is 2.29. The highest BCUT2D eigenvalue weighted by Gasteiger charge is 2.21. The van der Waals surface area contributed by atoms with Crippen molar-refractivity contribution in [2.45, 2.75) is 11.8 Å². The molecule has 1 heterocycles. The molecule has 0 aromatic carbocycles. The van der Waals surface area contributed by atoms with Gasteiger partial charge in [-0.2, -0.15) is 0 Å². The molecule has 0 atom stereocenters. The molecule has 0 bridgehead atoms. The van der Waals surface area contributed by atoms with Crippen LogP contribution in [0.2, 0.25) is 0 Å². The lowest BCUT2D eigenvalue weighted by Gasteiger charge is -2.06. The van der Waals surface area contributed by atoms with Crippen LogP contribution in [0.3, 0.4) is 0 Å². The third kappa shape index (κ3) is 2.38. The number of anilines is 1. The first kappa shape index (κ1) is 11.8. The standard InChI is InChI=1S/C7H6BrF2N3O2/c8-2-3-1-4(13(14)15)7(11)12-5(3)6(9)10/h1,6H,2H2,(H2,11,12). The smallest absolute Gasteiger partial charge is 0.311 e. The summed E-state index contributed by atoms with van der Waals surface area (Å²) < 4.78 is 24.8. The topological polar surface area (TPSA) is 82.0 Å². The van der Waals surface area contributed by atoms with Gasteiger partial charge in [0.2, 0.25) is 5.82 Å². The Morgan fingerprint density at radius 3 is 2.67 bits per heavy atom. The van der Waals surface area contributed by atoms with E-state index in [1.807, 2.05) is 0 Å². The lowest BCUT2D eigenvalue weighted by molar-refractivity contribution is -0.384. The van der Waals surface area contributed by atoms with Crippen LogP contribution in [0.1, 0.15) is 17.7 Å². The number of hydrogen-bond donors (Lipinski definition) is 1. The van der Waals surface area contributed by atoms with Gasteiger partial charge in [-0.05, 0) is 5.56 Å². The summed E-state index contributed by atoms with van der Waals surface area (Å²) in [5.41, 5.74) is 4.25. The Hall–Kier alpha value is -1.31. The number of alkyl halides is 3. The second-order valence-corrected chi connectivity index (χ2v) is 3.19. The van der Waals surface area contributed by atoms with E-state index in [2.05, 4.69) is 20.9 Å². The van der Waals surface area contributed by atoms with Crippen LogP contribution in [-0.2, 0) is 5.33 Å². The molecule has 0 amide bonds. The van der Waals surface area contributed by atoms with Gasteiger partial charge in [0.15, 0.2) is 0 Å². The summed E-state index contributed by atoms with van der Waals surface area (Å²) in [7, 11) is 0. The average Bonchev–Trinajstić information content (AvgIpc) is 2.16. The summed E-state index contributed by atoms with van der Waals surface area (Å²) in [5, 5.41) is 10.5. The van der Waals surface area contributed by atoms with Crippen LogP contribution >= 0.6 is 15.9 Å². The Morgan fingerprint density at radius 1 is 1.67 bits per heavy atom. The fourth-order valence-corrected chi connectivity index (χ4v) is 1.46. The minimum atomic E-state index is -2.80. The number of nitrogen functional groups attached to an aromatic ring is 1. The Kier molecular flexibility index (Phi) is 3.51. The summed E-state index contributed by atoms with van der Waals surface area (Å²) in [5.74, 6) is -0.500. The second kappa shape index (κ2) is 4.47. The first-order valence-electron chi connectivity index (χ1n) is 3.75. The van der Waals surface area contributed by atoms with Gasteiger partial charge in [-0.3, -0.25) is 10.1 Å². The van der Waals surface area contributed by atoms with Crippen LogP contribution in [0.15, 0.2) is 6.07 Å². The van der Waals surface area contributed by atoms with Gasteiger partial charge < -0.3 is 5.73 Å². The molecule has 1 rings (SSSR count). The second-order valence-electron chi connectivity index (χ2n) is 2.63. The quantitative estimate of drug-likeness (QED) is 0.524. The maximum absolute atomic E-state index is 12.4. The lowest BCUT2D eigenvalue weighted by atomic mass is 10.2. The van der Waals surface area contributed by atoms with Crippen molar-refractivity contribution in [1.82, 2.24) is 4.98 Å². The molecule has 8 heteroatoms. The molecular weight excluding hydrogens is 276 g/mol. The Bertz CT molecular complexity index is 400. The van der Waals surface area contributed by atoms with Crippen LogP contribution in [0.5, 0.6) is 0 Å². The van der Waals surface area contributed by atoms with Gasteiger partial charge in [0, 0.05) is 11.4 Å². The molecule has 2 N–H and O–H groups in total. The zero-order valence-corrected chi connectivity index (χ0v) is 8.87. The molecule has 0 radical (unpaired) electrons. The van der Waals surface area contributed by atoms with Gasteiger partial charge in [0.25, 0.3) is 6.43 Å². The largest absolute Gasteiger partial charge is 0.378 e. The monoisotopic (exact) mass is 281 g/mol. The molecule has 15 heavy (non-hydrogen) atoms. The van der Waals surface area contributed by atoms with Gasteiger partial charge in [-0.25, -0.2) is 13.8 Å². The van der Waals surface area contributed by atoms with Gasteiger partial charge in [0.05, 0.1) is 4.92 Å². The summed E-state index contributed by atoms with van der Waals surface area (Å²) in [6.45, 7) is 0. The molecule has 0 saturated carbocycles. The fraction of sp³-hybridized carbons (Fsp3) is 0.286. The molecule has 82 valence electrons. The molecule has 0 aliphatic rings. The number of nitrogens with zero attached hydrogens (tertiary/aromatic N) is 2. The van der Waals surface area contributed by atoms with E-state index in [9.17, 15) is 18.9 Å². The predicted molar refractivity (Wildman–Crippen MR) is 52.9 cm³/mol.